The summed E-state index contributed by atoms with van der Waals surface area (Å²) in [5, 5.41) is 6.89. The van der Waals surface area contributed by atoms with Crippen molar-refractivity contribution in [2.75, 3.05) is 13.1 Å². The molecule has 7 heteroatoms. The Morgan fingerprint density at radius 1 is 1.37 bits per heavy atom. The maximum atomic E-state index is 14.0. The summed E-state index contributed by atoms with van der Waals surface area (Å²) in [6.07, 6.45) is 1.72. The molecule has 0 bridgehead atoms. The molecule has 146 valence electrons. The lowest BCUT2D eigenvalue weighted by Crippen LogP contribution is -2.53. The van der Waals surface area contributed by atoms with E-state index in [1.807, 2.05) is 13.8 Å². The Morgan fingerprint density at radius 2 is 2.11 bits per heavy atom. The van der Waals surface area contributed by atoms with Crippen molar-refractivity contribution in [3.63, 3.8) is 0 Å². The molecular formula is C20H26FN3O3. The van der Waals surface area contributed by atoms with Crippen molar-refractivity contribution >= 4 is 17.5 Å². The summed E-state index contributed by atoms with van der Waals surface area (Å²) in [6, 6.07) is 6.38. The van der Waals surface area contributed by atoms with Crippen molar-refractivity contribution in [1.29, 1.82) is 0 Å². The van der Waals surface area contributed by atoms with Gasteiger partial charge in [0.05, 0.1) is 11.6 Å². The molecule has 1 aromatic rings. The molecule has 1 fully saturated rings. The number of nitrogens with zero attached hydrogens (tertiary/aromatic N) is 2. The number of carbonyl (C=O) groups excluding carboxylic acids is 2. The molecular weight excluding hydrogens is 349 g/mol. The van der Waals surface area contributed by atoms with Gasteiger partial charge in [-0.05, 0) is 39.7 Å². The summed E-state index contributed by atoms with van der Waals surface area (Å²) >= 11 is 0. The zero-order valence-electron chi connectivity index (χ0n) is 16.0. The third-order valence-corrected chi connectivity index (χ3v) is 5.01. The summed E-state index contributed by atoms with van der Waals surface area (Å²) in [7, 11) is 0. The molecule has 1 aromatic carbocycles. The summed E-state index contributed by atoms with van der Waals surface area (Å²) < 4.78 is 14.0. The SMILES string of the molecule is CC(C)NC(=O)[C@H]1CCCN(C(=O)[C@@]2(C)CC(c3ccccc3F)=NO2)C1. The standard InChI is InChI=1S/C20H26FN3O3/c1-13(2)22-18(25)14-7-6-10-24(12-14)19(26)20(3)11-17(23-27-20)15-8-4-5-9-16(15)21/h4-5,8-9,13-14H,6-7,10-12H2,1-3H3,(H,22,25)/t14-,20+/m0/s1. The minimum atomic E-state index is -1.17. The van der Waals surface area contributed by atoms with E-state index in [0.717, 1.165) is 12.8 Å². The van der Waals surface area contributed by atoms with Gasteiger partial charge in [-0.2, -0.15) is 0 Å². The van der Waals surface area contributed by atoms with Crippen molar-refractivity contribution in [3.05, 3.63) is 35.6 Å². The Kier molecular flexibility index (Phi) is 5.48. The third kappa shape index (κ3) is 4.12. The number of piperidine rings is 1. The van der Waals surface area contributed by atoms with Crippen LogP contribution in [0.4, 0.5) is 4.39 Å². The summed E-state index contributed by atoms with van der Waals surface area (Å²) in [5.74, 6) is -0.843. The van der Waals surface area contributed by atoms with Crippen molar-refractivity contribution in [1.82, 2.24) is 10.2 Å². The van der Waals surface area contributed by atoms with E-state index in [1.54, 1.807) is 30.0 Å². The van der Waals surface area contributed by atoms with E-state index in [9.17, 15) is 14.0 Å². The molecule has 2 amide bonds. The van der Waals surface area contributed by atoms with Gasteiger partial charge in [0, 0.05) is 31.1 Å². The number of amides is 2. The molecule has 2 aliphatic rings. The van der Waals surface area contributed by atoms with Gasteiger partial charge in [0.1, 0.15) is 5.82 Å². The number of carbonyl (C=O) groups is 2. The van der Waals surface area contributed by atoms with Crippen LogP contribution in [0.5, 0.6) is 0 Å². The van der Waals surface area contributed by atoms with Gasteiger partial charge in [-0.15, -0.1) is 0 Å². The second kappa shape index (κ2) is 7.66. The molecule has 0 saturated carbocycles. The van der Waals surface area contributed by atoms with Gasteiger partial charge in [0.25, 0.3) is 5.91 Å². The first-order valence-electron chi connectivity index (χ1n) is 9.40. The Labute approximate surface area is 158 Å². The predicted octanol–water partition coefficient (Wildman–Crippen LogP) is 2.47. The molecule has 0 spiro atoms. The minimum Gasteiger partial charge on any atom is -0.379 e. The molecule has 2 aliphatic heterocycles. The highest BCUT2D eigenvalue weighted by atomic mass is 19.1. The molecule has 0 unspecified atom stereocenters. The van der Waals surface area contributed by atoms with Crippen LogP contribution in [0.25, 0.3) is 0 Å². The largest absolute Gasteiger partial charge is 0.379 e. The van der Waals surface area contributed by atoms with Crippen molar-refractivity contribution in [2.45, 2.75) is 51.7 Å². The molecule has 27 heavy (non-hydrogen) atoms. The second-order valence-electron chi connectivity index (χ2n) is 7.77. The molecule has 0 radical (unpaired) electrons. The lowest BCUT2D eigenvalue weighted by atomic mass is 9.91. The first kappa shape index (κ1) is 19.3. The summed E-state index contributed by atoms with van der Waals surface area (Å²) in [4.78, 5) is 32.5. The van der Waals surface area contributed by atoms with E-state index in [2.05, 4.69) is 10.5 Å². The summed E-state index contributed by atoms with van der Waals surface area (Å²) in [6.45, 7) is 6.45. The van der Waals surface area contributed by atoms with E-state index in [0.29, 0.717) is 24.4 Å². The molecule has 0 aliphatic carbocycles. The lowest BCUT2D eigenvalue weighted by molar-refractivity contribution is -0.155. The summed E-state index contributed by atoms with van der Waals surface area (Å²) in [5.41, 5.74) is -0.398. The van der Waals surface area contributed by atoms with Gasteiger partial charge >= 0.3 is 0 Å². The number of oxime groups is 1. The van der Waals surface area contributed by atoms with Gasteiger partial charge < -0.3 is 15.1 Å². The van der Waals surface area contributed by atoms with Gasteiger partial charge in [-0.1, -0.05) is 23.4 Å². The smallest absolute Gasteiger partial charge is 0.269 e. The maximum absolute atomic E-state index is 14.0. The van der Waals surface area contributed by atoms with Crippen LogP contribution in [0.15, 0.2) is 29.4 Å². The van der Waals surface area contributed by atoms with E-state index in [1.165, 1.54) is 6.07 Å². The van der Waals surface area contributed by atoms with Crippen LogP contribution in [0, 0.1) is 11.7 Å². The van der Waals surface area contributed by atoms with E-state index in [4.69, 9.17) is 4.84 Å². The van der Waals surface area contributed by atoms with Crippen LogP contribution >= 0.6 is 0 Å². The van der Waals surface area contributed by atoms with Gasteiger partial charge in [-0.3, -0.25) is 9.59 Å². The number of benzene rings is 1. The number of nitrogens with one attached hydrogen (secondary N) is 1. The number of likely N-dealkylation sites (tertiary alicyclic amines) is 1. The molecule has 1 N–H and O–H groups in total. The quantitative estimate of drug-likeness (QED) is 0.879. The van der Waals surface area contributed by atoms with Gasteiger partial charge in [0.2, 0.25) is 11.5 Å². The van der Waals surface area contributed by atoms with Crippen LogP contribution in [0.2, 0.25) is 0 Å². The second-order valence-corrected chi connectivity index (χ2v) is 7.77. The number of hydrogen-bond donors (Lipinski definition) is 1. The molecule has 3 rings (SSSR count). The normalized spacial score (nSPS) is 25.1. The van der Waals surface area contributed by atoms with Crippen molar-refractivity contribution in [2.24, 2.45) is 11.1 Å². The van der Waals surface area contributed by atoms with E-state index >= 15 is 0 Å². The maximum Gasteiger partial charge on any atom is 0.269 e. The molecule has 2 atom stereocenters. The average Bonchev–Trinajstić information content (AvgIpc) is 3.04. The van der Waals surface area contributed by atoms with Crippen LogP contribution in [-0.4, -0.2) is 47.2 Å². The van der Waals surface area contributed by atoms with E-state index < -0.39 is 5.60 Å². The highest BCUT2D eigenvalue weighted by Crippen LogP contribution is 2.31. The topological polar surface area (TPSA) is 71.0 Å². The fourth-order valence-corrected chi connectivity index (χ4v) is 3.61. The Morgan fingerprint density at radius 3 is 2.81 bits per heavy atom. The molecule has 1 saturated heterocycles. The van der Waals surface area contributed by atoms with Crippen molar-refractivity contribution < 1.29 is 18.8 Å². The number of hydrogen-bond acceptors (Lipinski definition) is 4. The average molecular weight is 375 g/mol. The highest BCUT2D eigenvalue weighted by molar-refractivity contribution is 6.05. The fourth-order valence-electron chi connectivity index (χ4n) is 3.61. The van der Waals surface area contributed by atoms with E-state index in [-0.39, 0.29) is 36.0 Å². The number of halogens is 1. The van der Waals surface area contributed by atoms with Crippen LogP contribution in [-0.2, 0) is 14.4 Å². The monoisotopic (exact) mass is 375 g/mol. The minimum absolute atomic E-state index is 0.0247. The number of rotatable bonds is 4. The first-order valence-corrected chi connectivity index (χ1v) is 9.40. The van der Waals surface area contributed by atoms with Crippen molar-refractivity contribution in [3.8, 4) is 0 Å². The van der Waals surface area contributed by atoms with Crippen LogP contribution in [0.3, 0.4) is 0 Å². The molecule has 6 nitrogen and oxygen atoms in total. The Bertz CT molecular complexity index is 765. The Balaban J connectivity index is 1.67. The van der Waals surface area contributed by atoms with Crippen LogP contribution < -0.4 is 5.32 Å². The molecule has 0 aromatic heterocycles. The van der Waals surface area contributed by atoms with Gasteiger partial charge in [0.15, 0.2) is 0 Å². The Hall–Kier alpha value is -2.44. The third-order valence-electron chi connectivity index (χ3n) is 5.01. The fraction of sp³-hybridized carbons (Fsp3) is 0.550. The highest BCUT2D eigenvalue weighted by Gasteiger charge is 2.46. The molecule has 2 heterocycles. The zero-order valence-corrected chi connectivity index (χ0v) is 16.0. The van der Waals surface area contributed by atoms with Crippen LogP contribution in [0.1, 0.15) is 45.6 Å². The lowest BCUT2D eigenvalue weighted by Gasteiger charge is -2.36. The van der Waals surface area contributed by atoms with Gasteiger partial charge in [-0.25, -0.2) is 4.39 Å². The predicted molar refractivity (Wildman–Crippen MR) is 99.6 cm³/mol. The zero-order chi connectivity index (χ0) is 19.6. The first-order chi connectivity index (χ1) is 12.8.